The number of rotatable bonds is 3. The highest BCUT2D eigenvalue weighted by atomic mass is 35.5. The Morgan fingerprint density at radius 1 is 1.29 bits per heavy atom. The Balaban J connectivity index is 0.00000288. The van der Waals surface area contributed by atoms with Gasteiger partial charge in [0.15, 0.2) is 0 Å². The molecule has 1 aliphatic heterocycles. The molecule has 0 aromatic heterocycles. The lowest BCUT2D eigenvalue weighted by Crippen LogP contribution is -2.54. The monoisotopic (exact) mass is 370 g/mol. The molecular formula is C19H31ClN2OS. The molecule has 1 amide bonds. The van der Waals surface area contributed by atoms with Crippen molar-refractivity contribution in [2.24, 2.45) is 11.1 Å². The van der Waals surface area contributed by atoms with E-state index < -0.39 is 0 Å². The van der Waals surface area contributed by atoms with Crippen molar-refractivity contribution in [3.63, 3.8) is 0 Å². The van der Waals surface area contributed by atoms with Gasteiger partial charge < -0.3 is 10.6 Å². The van der Waals surface area contributed by atoms with Crippen LogP contribution in [0.2, 0.25) is 0 Å². The highest BCUT2D eigenvalue weighted by molar-refractivity contribution is 8.00. The Morgan fingerprint density at radius 3 is 2.38 bits per heavy atom. The van der Waals surface area contributed by atoms with Crippen LogP contribution in [0.1, 0.15) is 46.6 Å². The van der Waals surface area contributed by atoms with E-state index in [2.05, 4.69) is 58.9 Å². The fourth-order valence-electron chi connectivity index (χ4n) is 2.87. The van der Waals surface area contributed by atoms with Gasteiger partial charge in [-0.3, -0.25) is 4.79 Å². The normalized spacial score (nSPS) is 20.4. The molecule has 1 saturated heterocycles. The van der Waals surface area contributed by atoms with E-state index in [4.69, 9.17) is 5.73 Å². The van der Waals surface area contributed by atoms with E-state index in [1.54, 1.807) is 11.8 Å². The summed E-state index contributed by atoms with van der Waals surface area (Å²) in [7, 11) is 0. The number of amides is 1. The molecule has 2 rings (SSSR count). The molecule has 0 aliphatic carbocycles. The minimum absolute atomic E-state index is 0. The number of hydrogen-bond donors (Lipinski definition) is 1. The maximum atomic E-state index is 12.5. The highest BCUT2D eigenvalue weighted by Gasteiger charge is 2.35. The number of hydrogen-bond acceptors (Lipinski definition) is 3. The first-order chi connectivity index (χ1) is 10.6. The van der Waals surface area contributed by atoms with Gasteiger partial charge in [-0.15, -0.1) is 24.2 Å². The second kappa shape index (κ2) is 8.11. The lowest BCUT2D eigenvalue weighted by molar-refractivity contribution is -0.131. The lowest BCUT2D eigenvalue weighted by atomic mass is 9.80. The van der Waals surface area contributed by atoms with Crippen LogP contribution >= 0.6 is 24.2 Å². The molecule has 24 heavy (non-hydrogen) atoms. The second-order valence-corrected chi connectivity index (χ2v) is 9.31. The zero-order chi connectivity index (χ0) is 17.3. The number of nitrogens with zero attached hydrogens (tertiary/aromatic N) is 1. The third kappa shape index (κ3) is 5.40. The number of piperidine rings is 1. The minimum atomic E-state index is 0. The number of carbonyl (C=O) groups is 1. The van der Waals surface area contributed by atoms with Crippen LogP contribution in [0, 0.1) is 5.41 Å². The Labute approximate surface area is 157 Å². The Morgan fingerprint density at radius 2 is 1.88 bits per heavy atom. The van der Waals surface area contributed by atoms with Gasteiger partial charge in [-0.1, -0.05) is 46.8 Å². The van der Waals surface area contributed by atoms with Crippen LogP contribution in [0.15, 0.2) is 29.2 Å². The van der Waals surface area contributed by atoms with Crippen molar-refractivity contribution >= 4 is 30.1 Å². The van der Waals surface area contributed by atoms with Crippen LogP contribution in [0.3, 0.4) is 0 Å². The first-order valence-electron chi connectivity index (χ1n) is 8.36. The van der Waals surface area contributed by atoms with Crippen LogP contribution in [0.5, 0.6) is 0 Å². The van der Waals surface area contributed by atoms with Crippen LogP contribution in [0.25, 0.3) is 0 Å². The predicted molar refractivity (Wildman–Crippen MR) is 106 cm³/mol. The number of halogens is 1. The highest BCUT2D eigenvalue weighted by Crippen LogP contribution is 2.29. The summed E-state index contributed by atoms with van der Waals surface area (Å²) in [5.41, 5.74) is 7.64. The molecule has 3 nitrogen and oxygen atoms in total. The summed E-state index contributed by atoms with van der Waals surface area (Å²) in [6.07, 6.45) is 0.893. The van der Waals surface area contributed by atoms with E-state index >= 15 is 0 Å². The van der Waals surface area contributed by atoms with E-state index in [1.807, 2.05) is 4.90 Å². The van der Waals surface area contributed by atoms with Gasteiger partial charge in [0.05, 0.1) is 5.75 Å². The summed E-state index contributed by atoms with van der Waals surface area (Å²) in [5.74, 6) is 0.718. The standard InChI is InChI=1S/C19H30N2OS.ClH/c1-18(2,3)14-6-8-15(9-7-14)23-12-17(22)21-11-10-16(20)19(4,5)13-21;/h6-9,16H,10-13,20H2,1-5H3;1H. The summed E-state index contributed by atoms with van der Waals surface area (Å²) in [6, 6.07) is 8.75. The van der Waals surface area contributed by atoms with Gasteiger partial charge in [-0.2, -0.15) is 0 Å². The molecule has 1 aromatic rings. The molecule has 0 saturated carbocycles. The Bertz CT molecular complexity index is 551. The van der Waals surface area contributed by atoms with Crippen molar-refractivity contribution in [1.82, 2.24) is 4.90 Å². The SMILES string of the molecule is CC(C)(C)c1ccc(SCC(=O)N2CCC(N)C(C)(C)C2)cc1.Cl. The molecule has 5 heteroatoms. The molecule has 0 spiro atoms. The molecule has 2 N–H and O–H groups in total. The van der Waals surface area contributed by atoms with Gasteiger partial charge in [0.1, 0.15) is 0 Å². The molecule has 136 valence electrons. The number of carbonyl (C=O) groups excluding carboxylic acids is 1. The number of thioether (sulfide) groups is 1. The molecule has 0 radical (unpaired) electrons. The number of nitrogens with two attached hydrogens (primary N) is 1. The zero-order valence-corrected chi connectivity index (χ0v) is 17.1. The molecule has 1 heterocycles. The van der Waals surface area contributed by atoms with Crippen molar-refractivity contribution in [1.29, 1.82) is 0 Å². The lowest BCUT2D eigenvalue weighted by Gasteiger charge is -2.42. The number of likely N-dealkylation sites (tertiary alicyclic amines) is 1. The van der Waals surface area contributed by atoms with Crippen LogP contribution in [0.4, 0.5) is 0 Å². The summed E-state index contributed by atoms with van der Waals surface area (Å²) in [6.45, 7) is 12.5. The predicted octanol–water partition coefficient (Wildman–Crippen LogP) is 4.08. The molecule has 1 aromatic carbocycles. The van der Waals surface area contributed by atoms with Crippen LogP contribution in [-0.2, 0) is 10.2 Å². The average Bonchev–Trinajstić information content (AvgIpc) is 2.47. The van der Waals surface area contributed by atoms with E-state index in [9.17, 15) is 4.79 Å². The minimum Gasteiger partial charge on any atom is -0.341 e. The van der Waals surface area contributed by atoms with Gasteiger partial charge in [0.25, 0.3) is 0 Å². The van der Waals surface area contributed by atoms with E-state index in [0.29, 0.717) is 5.75 Å². The first-order valence-corrected chi connectivity index (χ1v) is 9.35. The fraction of sp³-hybridized carbons (Fsp3) is 0.632. The van der Waals surface area contributed by atoms with Crippen molar-refractivity contribution in [2.75, 3.05) is 18.8 Å². The van der Waals surface area contributed by atoms with Crippen molar-refractivity contribution in [3.05, 3.63) is 29.8 Å². The zero-order valence-electron chi connectivity index (χ0n) is 15.5. The Kier molecular flexibility index (Phi) is 7.21. The molecule has 0 bridgehead atoms. The van der Waals surface area contributed by atoms with Gasteiger partial charge in [-0.05, 0) is 34.9 Å². The average molecular weight is 371 g/mol. The van der Waals surface area contributed by atoms with Gasteiger partial charge in [-0.25, -0.2) is 0 Å². The van der Waals surface area contributed by atoms with Gasteiger partial charge in [0.2, 0.25) is 5.91 Å². The van der Waals surface area contributed by atoms with Crippen molar-refractivity contribution in [3.8, 4) is 0 Å². The fourth-order valence-corrected chi connectivity index (χ4v) is 3.68. The summed E-state index contributed by atoms with van der Waals surface area (Å²) < 4.78 is 0. The molecular weight excluding hydrogens is 340 g/mol. The number of benzene rings is 1. The quantitative estimate of drug-likeness (QED) is 0.815. The van der Waals surface area contributed by atoms with Gasteiger partial charge in [0, 0.05) is 24.0 Å². The summed E-state index contributed by atoms with van der Waals surface area (Å²) >= 11 is 1.62. The molecule has 1 fully saturated rings. The maximum absolute atomic E-state index is 12.5. The van der Waals surface area contributed by atoms with E-state index in [1.165, 1.54) is 5.56 Å². The third-order valence-corrected chi connectivity index (χ3v) is 5.74. The summed E-state index contributed by atoms with van der Waals surface area (Å²) in [4.78, 5) is 15.6. The third-order valence-electron chi connectivity index (χ3n) is 4.75. The Hall–Kier alpha value is -0.710. The van der Waals surface area contributed by atoms with Crippen molar-refractivity contribution < 1.29 is 4.79 Å². The van der Waals surface area contributed by atoms with Crippen LogP contribution < -0.4 is 5.73 Å². The molecule has 1 aliphatic rings. The first kappa shape index (κ1) is 21.3. The van der Waals surface area contributed by atoms with E-state index in [0.717, 1.165) is 24.4 Å². The van der Waals surface area contributed by atoms with E-state index in [-0.39, 0.29) is 35.2 Å². The smallest absolute Gasteiger partial charge is 0.232 e. The largest absolute Gasteiger partial charge is 0.341 e. The molecule has 1 atom stereocenters. The molecule has 1 unspecified atom stereocenters. The topological polar surface area (TPSA) is 46.3 Å². The van der Waals surface area contributed by atoms with Gasteiger partial charge >= 0.3 is 0 Å². The summed E-state index contributed by atoms with van der Waals surface area (Å²) in [5, 5.41) is 0. The maximum Gasteiger partial charge on any atom is 0.232 e. The van der Waals surface area contributed by atoms with Crippen molar-refractivity contribution in [2.45, 2.75) is 57.4 Å². The second-order valence-electron chi connectivity index (χ2n) is 8.26. The van der Waals surface area contributed by atoms with Crippen LogP contribution in [-0.4, -0.2) is 35.7 Å².